The highest BCUT2D eigenvalue weighted by molar-refractivity contribution is 9.10. The summed E-state index contributed by atoms with van der Waals surface area (Å²) >= 11 is 3.41. The maximum absolute atomic E-state index is 12.4. The van der Waals surface area contributed by atoms with Crippen LogP contribution in [0.2, 0.25) is 0 Å². The number of carbonyl (C=O) groups is 2. The van der Waals surface area contributed by atoms with E-state index in [0.29, 0.717) is 17.9 Å². The van der Waals surface area contributed by atoms with Crippen LogP contribution in [0.3, 0.4) is 0 Å². The van der Waals surface area contributed by atoms with Gasteiger partial charge in [0.25, 0.3) is 0 Å². The molecule has 0 unspecified atom stereocenters. The Morgan fingerprint density at radius 2 is 2.18 bits per heavy atom. The molecule has 1 atom stereocenters. The van der Waals surface area contributed by atoms with Crippen LogP contribution in [0, 0.1) is 0 Å². The Morgan fingerprint density at radius 3 is 2.86 bits per heavy atom. The van der Waals surface area contributed by atoms with Crippen molar-refractivity contribution in [1.82, 2.24) is 10.6 Å². The van der Waals surface area contributed by atoms with Gasteiger partial charge in [0.05, 0.1) is 18.2 Å². The molecular formula is C16H19BrN2O3. The Hall–Kier alpha value is -1.82. The minimum Gasteiger partial charge on any atom is -0.462 e. The van der Waals surface area contributed by atoms with Gasteiger partial charge in [0, 0.05) is 10.2 Å². The number of rotatable bonds is 5. The molecule has 0 spiro atoms. The van der Waals surface area contributed by atoms with Gasteiger partial charge in [-0.3, -0.25) is 0 Å². The lowest BCUT2D eigenvalue weighted by atomic mass is 9.96. The van der Waals surface area contributed by atoms with Crippen molar-refractivity contribution in [3.63, 3.8) is 0 Å². The predicted octanol–water partition coefficient (Wildman–Crippen LogP) is 3.42. The highest BCUT2D eigenvalue weighted by Crippen LogP contribution is 2.29. The summed E-state index contributed by atoms with van der Waals surface area (Å²) < 4.78 is 6.19. The number of nitrogens with one attached hydrogen (secondary N) is 2. The van der Waals surface area contributed by atoms with Gasteiger partial charge >= 0.3 is 12.0 Å². The molecule has 1 aromatic rings. The van der Waals surface area contributed by atoms with Gasteiger partial charge in [-0.1, -0.05) is 41.4 Å². The van der Waals surface area contributed by atoms with E-state index in [0.717, 1.165) is 22.9 Å². The number of benzene rings is 1. The number of carbonyl (C=O) groups excluding carboxylic acids is 2. The Morgan fingerprint density at radius 1 is 1.41 bits per heavy atom. The maximum atomic E-state index is 12.4. The first-order chi connectivity index (χ1) is 10.5. The minimum absolute atomic E-state index is 0.326. The van der Waals surface area contributed by atoms with Gasteiger partial charge in [-0.15, -0.1) is 0 Å². The summed E-state index contributed by atoms with van der Waals surface area (Å²) in [5.74, 6) is -0.400. The predicted molar refractivity (Wildman–Crippen MR) is 87.1 cm³/mol. The van der Waals surface area contributed by atoms with Crippen molar-refractivity contribution in [3.8, 4) is 0 Å². The molecule has 0 bridgehead atoms. The topological polar surface area (TPSA) is 67.4 Å². The monoisotopic (exact) mass is 366 g/mol. The van der Waals surface area contributed by atoms with Crippen molar-refractivity contribution < 1.29 is 14.3 Å². The fourth-order valence-corrected chi connectivity index (χ4v) is 2.70. The molecule has 0 aromatic heterocycles. The molecule has 2 amide bonds. The lowest BCUT2D eigenvalue weighted by molar-refractivity contribution is -0.139. The quantitative estimate of drug-likeness (QED) is 0.619. The Kier molecular flexibility index (Phi) is 5.60. The van der Waals surface area contributed by atoms with Crippen LogP contribution in [0.15, 0.2) is 40.0 Å². The number of unbranched alkanes of at least 4 members (excludes halogenated alkanes) is 1. The zero-order valence-corrected chi connectivity index (χ0v) is 14.2. The smallest absolute Gasteiger partial charge is 0.338 e. The van der Waals surface area contributed by atoms with Gasteiger partial charge in [-0.2, -0.15) is 0 Å². The van der Waals surface area contributed by atoms with Crippen molar-refractivity contribution in [2.75, 3.05) is 6.61 Å². The summed E-state index contributed by atoms with van der Waals surface area (Å²) in [4.78, 5) is 24.1. The summed E-state index contributed by atoms with van der Waals surface area (Å²) in [5, 5.41) is 5.41. The van der Waals surface area contributed by atoms with Gasteiger partial charge < -0.3 is 15.4 Å². The summed E-state index contributed by atoms with van der Waals surface area (Å²) in [5.41, 5.74) is 1.79. The number of ether oxygens (including phenoxy) is 1. The van der Waals surface area contributed by atoms with Crippen LogP contribution >= 0.6 is 15.9 Å². The van der Waals surface area contributed by atoms with E-state index in [1.165, 1.54) is 0 Å². The number of esters is 1. The number of halogens is 1. The Labute approximate surface area is 138 Å². The third kappa shape index (κ3) is 3.88. The second-order valence-electron chi connectivity index (χ2n) is 5.11. The third-order valence-corrected chi connectivity index (χ3v) is 3.90. The van der Waals surface area contributed by atoms with E-state index in [9.17, 15) is 9.59 Å². The number of hydrogen-bond donors (Lipinski definition) is 2. The van der Waals surface area contributed by atoms with E-state index in [2.05, 4.69) is 26.6 Å². The second-order valence-corrected chi connectivity index (χ2v) is 6.03. The van der Waals surface area contributed by atoms with E-state index in [4.69, 9.17) is 4.74 Å². The molecule has 118 valence electrons. The van der Waals surface area contributed by atoms with Gasteiger partial charge in [0.1, 0.15) is 0 Å². The van der Waals surface area contributed by atoms with Gasteiger partial charge in [0.2, 0.25) is 0 Å². The highest BCUT2D eigenvalue weighted by Gasteiger charge is 2.32. The molecule has 2 N–H and O–H groups in total. The van der Waals surface area contributed by atoms with Crippen molar-refractivity contribution in [3.05, 3.63) is 45.6 Å². The number of urea groups is 1. The molecule has 6 heteroatoms. The summed E-state index contributed by atoms with van der Waals surface area (Å²) in [6, 6.07) is 6.66. The van der Waals surface area contributed by atoms with E-state index in [-0.39, 0.29) is 6.03 Å². The SMILES string of the molecule is CCCCOC(=O)C1=C(C)NC(=O)N[C@H]1c1cccc(Br)c1. The molecule has 2 rings (SSSR count). The second kappa shape index (κ2) is 7.45. The number of hydrogen-bond acceptors (Lipinski definition) is 3. The van der Waals surface area contributed by atoms with Crippen LogP contribution in [-0.2, 0) is 9.53 Å². The van der Waals surface area contributed by atoms with Crippen molar-refractivity contribution >= 4 is 27.9 Å². The first-order valence-electron chi connectivity index (χ1n) is 7.23. The Balaban J connectivity index is 2.30. The zero-order valence-electron chi connectivity index (χ0n) is 12.6. The number of amides is 2. The zero-order chi connectivity index (χ0) is 16.1. The first kappa shape index (κ1) is 16.5. The average Bonchev–Trinajstić information content (AvgIpc) is 2.46. The normalized spacial score (nSPS) is 17.8. The molecule has 0 saturated heterocycles. The Bertz CT molecular complexity index is 613. The van der Waals surface area contributed by atoms with Gasteiger partial charge in [-0.05, 0) is 31.0 Å². The molecule has 0 radical (unpaired) electrons. The molecule has 22 heavy (non-hydrogen) atoms. The molecule has 0 saturated carbocycles. The van der Waals surface area contributed by atoms with E-state index in [1.54, 1.807) is 6.92 Å². The standard InChI is InChI=1S/C16H19BrN2O3/c1-3-4-8-22-15(20)13-10(2)18-16(21)19-14(13)11-6-5-7-12(17)9-11/h5-7,9,14H,3-4,8H2,1-2H3,(H2,18,19,21)/t14-/m0/s1. The minimum atomic E-state index is -0.514. The highest BCUT2D eigenvalue weighted by atomic mass is 79.9. The van der Waals surface area contributed by atoms with Crippen molar-refractivity contribution in [2.24, 2.45) is 0 Å². The molecule has 0 aliphatic carbocycles. The molecule has 1 heterocycles. The van der Waals surface area contributed by atoms with Crippen LogP contribution in [-0.4, -0.2) is 18.6 Å². The molecule has 1 aliphatic rings. The van der Waals surface area contributed by atoms with Gasteiger partial charge in [0.15, 0.2) is 0 Å². The van der Waals surface area contributed by atoms with E-state index >= 15 is 0 Å². The van der Waals surface area contributed by atoms with E-state index in [1.807, 2.05) is 31.2 Å². The summed E-state index contributed by atoms with van der Waals surface area (Å²) in [7, 11) is 0. The lowest BCUT2D eigenvalue weighted by Gasteiger charge is -2.28. The fraction of sp³-hybridized carbons (Fsp3) is 0.375. The molecule has 1 aliphatic heterocycles. The van der Waals surface area contributed by atoms with Gasteiger partial charge in [-0.25, -0.2) is 9.59 Å². The summed E-state index contributed by atoms with van der Waals surface area (Å²) in [6.45, 7) is 4.12. The third-order valence-electron chi connectivity index (χ3n) is 3.40. The van der Waals surface area contributed by atoms with Crippen LogP contribution in [0.5, 0.6) is 0 Å². The van der Waals surface area contributed by atoms with Crippen molar-refractivity contribution in [1.29, 1.82) is 0 Å². The van der Waals surface area contributed by atoms with Crippen molar-refractivity contribution in [2.45, 2.75) is 32.7 Å². The van der Waals surface area contributed by atoms with Crippen LogP contribution in [0.1, 0.15) is 38.3 Å². The summed E-state index contributed by atoms with van der Waals surface area (Å²) in [6.07, 6.45) is 1.77. The van der Waals surface area contributed by atoms with Crippen LogP contribution in [0.25, 0.3) is 0 Å². The van der Waals surface area contributed by atoms with E-state index < -0.39 is 12.0 Å². The molecular weight excluding hydrogens is 348 g/mol. The fourth-order valence-electron chi connectivity index (χ4n) is 2.29. The molecule has 1 aromatic carbocycles. The van der Waals surface area contributed by atoms with Crippen LogP contribution in [0.4, 0.5) is 4.79 Å². The molecule has 5 nitrogen and oxygen atoms in total. The average molecular weight is 367 g/mol. The maximum Gasteiger partial charge on any atom is 0.338 e. The largest absolute Gasteiger partial charge is 0.462 e. The first-order valence-corrected chi connectivity index (χ1v) is 8.03. The van der Waals surface area contributed by atoms with Crippen LogP contribution < -0.4 is 10.6 Å². The number of allylic oxidation sites excluding steroid dienone is 1. The lowest BCUT2D eigenvalue weighted by Crippen LogP contribution is -2.45. The molecule has 0 fully saturated rings.